The molecular weight excluding hydrogens is 430 g/mol. The minimum absolute atomic E-state index is 0.240. The molecule has 0 saturated carbocycles. The van der Waals surface area contributed by atoms with Crippen molar-refractivity contribution in [3.63, 3.8) is 0 Å². The van der Waals surface area contributed by atoms with E-state index in [2.05, 4.69) is 15.6 Å². The second-order valence-corrected chi connectivity index (χ2v) is 8.56. The third-order valence-corrected chi connectivity index (χ3v) is 6.16. The standard InChI is InChI=1S/C23H23N3O5S/c1-15(27)30-31-19-8-4-3-7-18(19)23(2,29-17-6-5-10-24-14-17)26-22(28)21-12-16-13-25-11-9-20(16)32-21/h3-8,10,12,14,25H,9,11,13H2,1-2H3,(H,26,28). The number of amides is 1. The molecule has 1 atom stereocenters. The lowest BCUT2D eigenvalue weighted by Crippen LogP contribution is -2.48. The maximum Gasteiger partial charge on any atom is 0.352 e. The lowest BCUT2D eigenvalue weighted by Gasteiger charge is -2.32. The van der Waals surface area contributed by atoms with Gasteiger partial charge in [0.1, 0.15) is 5.75 Å². The van der Waals surface area contributed by atoms with Gasteiger partial charge in [-0.15, -0.1) is 11.3 Å². The average molecular weight is 454 g/mol. The molecule has 4 rings (SSSR count). The zero-order valence-electron chi connectivity index (χ0n) is 17.7. The van der Waals surface area contributed by atoms with Gasteiger partial charge in [-0.05, 0) is 49.2 Å². The quantitative estimate of drug-likeness (QED) is 0.322. The molecule has 9 heteroatoms. The van der Waals surface area contributed by atoms with Gasteiger partial charge >= 0.3 is 5.97 Å². The number of hydrogen-bond donors (Lipinski definition) is 2. The second kappa shape index (κ2) is 9.37. The molecule has 3 heterocycles. The summed E-state index contributed by atoms with van der Waals surface area (Å²) in [5, 5.41) is 6.31. The van der Waals surface area contributed by atoms with Crippen LogP contribution < -0.4 is 20.3 Å². The fourth-order valence-corrected chi connectivity index (χ4v) is 4.55. The Labute approximate surface area is 189 Å². The van der Waals surface area contributed by atoms with E-state index in [0.29, 0.717) is 16.2 Å². The molecule has 1 aliphatic heterocycles. The van der Waals surface area contributed by atoms with Crippen molar-refractivity contribution in [3.8, 4) is 11.5 Å². The van der Waals surface area contributed by atoms with E-state index in [1.165, 1.54) is 23.1 Å². The summed E-state index contributed by atoms with van der Waals surface area (Å²) < 4.78 is 6.21. The molecule has 0 spiro atoms. The first-order chi connectivity index (χ1) is 15.4. The molecule has 1 aromatic carbocycles. The van der Waals surface area contributed by atoms with Crippen LogP contribution in [0.25, 0.3) is 0 Å². The molecule has 2 N–H and O–H groups in total. The summed E-state index contributed by atoms with van der Waals surface area (Å²) in [4.78, 5) is 40.4. The second-order valence-electron chi connectivity index (χ2n) is 7.42. The first kappa shape index (κ1) is 21.8. The summed E-state index contributed by atoms with van der Waals surface area (Å²) in [6, 6.07) is 12.3. The van der Waals surface area contributed by atoms with Crippen LogP contribution in [0.15, 0.2) is 54.9 Å². The molecule has 166 valence electrons. The van der Waals surface area contributed by atoms with Gasteiger partial charge < -0.3 is 15.4 Å². The van der Waals surface area contributed by atoms with Crippen molar-refractivity contribution in [2.45, 2.75) is 32.5 Å². The van der Waals surface area contributed by atoms with Crippen molar-refractivity contribution in [1.82, 2.24) is 15.6 Å². The Balaban J connectivity index is 1.68. The van der Waals surface area contributed by atoms with Crippen molar-refractivity contribution in [1.29, 1.82) is 0 Å². The molecule has 1 unspecified atom stereocenters. The minimum Gasteiger partial charge on any atom is -0.462 e. The zero-order chi connectivity index (χ0) is 22.6. The highest BCUT2D eigenvalue weighted by Gasteiger charge is 2.36. The highest BCUT2D eigenvalue weighted by atomic mass is 32.1. The maximum absolute atomic E-state index is 13.3. The van der Waals surface area contributed by atoms with Crippen LogP contribution in [-0.2, 0) is 28.4 Å². The molecule has 0 aliphatic carbocycles. The monoisotopic (exact) mass is 453 g/mol. The van der Waals surface area contributed by atoms with Gasteiger partial charge in [-0.3, -0.25) is 19.6 Å². The Morgan fingerprint density at radius 3 is 2.81 bits per heavy atom. The summed E-state index contributed by atoms with van der Waals surface area (Å²) in [6.45, 7) is 4.60. The first-order valence-corrected chi connectivity index (χ1v) is 10.9. The number of thiophene rings is 1. The van der Waals surface area contributed by atoms with Crippen LogP contribution in [0.2, 0.25) is 0 Å². The Kier molecular flexibility index (Phi) is 6.38. The SMILES string of the molecule is CC(=O)OOc1ccccc1C(C)(NC(=O)c1cc2c(s1)CCNC2)Oc1cccnc1. The number of benzene rings is 1. The summed E-state index contributed by atoms with van der Waals surface area (Å²) in [7, 11) is 0. The Bertz CT molecular complexity index is 1090. The minimum atomic E-state index is -1.35. The van der Waals surface area contributed by atoms with Crippen LogP contribution in [0.3, 0.4) is 0 Å². The summed E-state index contributed by atoms with van der Waals surface area (Å²) in [6.07, 6.45) is 4.08. The molecule has 0 saturated heterocycles. The van der Waals surface area contributed by atoms with Crippen molar-refractivity contribution in [2.24, 2.45) is 0 Å². The van der Waals surface area contributed by atoms with Gasteiger partial charge in [0.15, 0.2) is 5.75 Å². The highest BCUT2D eigenvalue weighted by Crippen LogP contribution is 2.34. The summed E-state index contributed by atoms with van der Waals surface area (Å²) in [5.74, 6) is -0.189. The Hall–Kier alpha value is -3.43. The van der Waals surface area contributed by atoms with E-state index in [4.69, 9.17) is 14.5 Å². The van der Waals surface area contributed by atoms with Crippen LogP contribution in [0.1, 0.15) is 39.5 Å². The third-order valence-electron chi connectivity index (χ3n) is 4.92. The van der Waals surface area contributed by atoms with Crippen LogP contribution in [0.5, 0.6) is 11.5 Å². The van der Waals surface area contributed by atoms with Crippen LogP contribution in [0, 0.1) is 0 Å². The molecule has 3 aromatic rings. The number of aromatic nitrogens is 1. The number of carbonyl (C=O) groups excluding carboxylic acids is 2. The van der Waals surface area contributed by atoms with E-state index in [1.54, 1.807) is 55.7 Å². The van der Waals surface area contributed by atoms with Crippen LogP contribution >= 0.6 is 11.3 Å². The smallest absolute Gasteiger partial charge is 0.352 e. The van der Waals surface area contributed by atoms with Crippen molar-refractivity contribution < 1.29 is 24.1 Å². The lowest BCUT2D eigenvalue weighted by atomic mass is 10.0. The van der Waals surface area contributed by atoms with E-state index in [0.717, 1.165) is 25.1 Å². The number of fused-ring (bicyclic) bond motifs is 1. The van der Waals surface area contributed by atoms with Crippen LogP contribution in [-0.4, -0.2) is 23.4 Å². The molecule has 8 nitrogen and oxygen atoms in total. The molecule has 0 radical (unpaired) electrons. The molecule has 0 bridgehead atoms. The number of hydrogen-bond acceptors (Lipinski definition) is 8. The largest absolute Gasteiger partial charge is 0.462 e. The third kappa shape index (κ3) is 4.90. The molecule has 2 aromatic heterocycles. The predicted octanol–water partition coefficient (Wildman–Crippen LogP) is 3.33. The van der Waals surface area contributed by atoms with Gasteiger partial charge in [0.05, 0.1) is 16.6 Å². The average Bonchev–Trinajstić information content (AvgIpc) is 3.23. The molecule has 1 aliphatic rings. The fraction of sp³-hybridized carbons (Fsp3) is 0.261. The topological polar surface area (TPSA) is 98.8 Å². The molecule has 32 heavy (non-hydrogen) atoms. The number of nitrogens with zero attached hydrogens (tertiary/aromatic N) is 1. The molecule has 1 amide bonds. The van der Waals surface area contributed by atoms with E-state index < -0.39 is 11.7 Å². The van der Waals surface area contributed by atoms with E-state index in [1.807, 2.05) is 6.07 Å². The van der Waals surface area contributed by atoms with Gasteiger partial charge in [-0.1, -0.05) is 12.1 Å². The Morgan fingerprint density at radius 2 is 2.06 bits per heavy atom. The van der Waals surface area contributed by atoms with Crippen molar-refractivity contribution >= 4 is 23.2 Å². The number of carbonyl (C=O) groups is 2. The van der Waals surface area contributed by atoms with E-state index >= 15 is 0 Å². The number of para-hydroxylation sites is 1. The fourth-order valence-electron chi connectivity index (χ4n) is 3.47. The van der Waals surface area contributed by atoms with Gasteiger partial charge in [0.2, 0.25) is 5.72 Å². The Morgan fingerprint density at radius 1 is 1.22 bits per heavy atom. The number of nitrogens with one attached hydrogen (secondary N) is 2. The van der Waals surface area contributed by atoms with Crippen molar-refractivity contribution in [3.05, 3.63) is 75.7 Å². The highest BCUT2D eigenvalue weighted by molar-refractivity contribution is 7.14. The van der Waals surface area contributed by atoms with Gasteiger partial charge in [0, 0.05) is 31.1 Å². The first-order valence-electron chi connectivity index (χ1n) is 10.1. The van der Waals surface area contributed by atoms with Crippen LogP contribution in [0.4, 0.5) is 0 Å². The van der Waals surface area contributed by atoms with Crippen molar-refractivity contribution in [2.75, 3.05) is 6.54 Å². The van der Waals surface area contributed by atoms with Gasteiger partial charge in [0.25, 0.3) is 5.91 Å². The summed E-state index contributed by atoms with van der Waals surface area (Å²) >= 11 is 1.48. The zero-order valence-corrected chi connectivity index (χ0v) is 18.5. The summed E-state index contributed by atoms with van der Waals surface area (Å²) in [5.41, 5.74) is 0.265. The number of rotatable bonds is 7. The van der Waals surface area contributed by atoms with Gasteiger partial charge in [-0.25, -0.2) is 4.79 Å². The number of ether oxygens (including phenoxy) is 1. The molecular formula is C23H23N3O5S. The molecule has 0 fully saturated rings. The normalized spacial score (nSPS) is 14.6. The van der Waals surface area contributed by atoms with Gasteiger partial charge in [-0.2, -0.15) is 0 Å². The number of pyridine rings is 1. The lowest BCUT2D eigenvalue weighted by molar-refractivity contribution is -0.211. The van der Waals surface area contributed by atoms with E-state index in [-0.39, 0.29) is 11.7 Å². The van der Waals surface area contributed by atoms with E-state index in [9.17, 15) is 9.59 Å². The maximum atomic E-state index is 13.3. The predicted molar refractivity (Wildman–Crippen MR) is 118 cm³/mol.